The van der Waals surface area contributed by atoms with Crippen LogP contribution < -0.4 is 5.32 Å². The fourth-order valence-corrected chi connectivity index (χ4v) is 2.52. The van der Waals surface area contributed by atoms with Crippen molar-refractivity contribution < 1.29 is 0 Å². The summed E-state index contributed by atoms with van der Waals surface area (Å²) < 4.78 is 0. The van der Waals surface area contributed by atoms with Gasteiger partial charge in [-0.1, -0.05) is 31.2 Å². The fraction of sp³-hybridized carbons (Fsp3) is 0.600. The Kier molecular flexibility index (Phi) is 4.57. The van der Waals surface area contributed by atoms with Crippen LogP contribution in [-0.2, 0) is 6.54 Å². The van der Waals surface area contributed by atoms with Crippen molar-refractivity contribution in [1.82, 2.24) is 10.2 Å². The summed E-state index contributed by atoms with van der Waals surface area (Å²) in [6.45, 7) is 9.16. The standard InChI is InChI=1S/C15H24N2/c1-3-15-12-17(10-6-9-16-15)11-14-8-5-4-7-13(14)2/h4-5,7-8,15-16H,3,6,9-12H2,1-2H3. The Bertz CT molecular complexity index is 349. The van der Waals surface area contributed by atoms with Gasteiger partial charge in [-0.25, -0.2) is 0 Å². The minimum absolute atomic E-state index is 0.668. The maximum absolute atomic E-state index is 3.62. The molecule has 0 radical (unpaired) electrons. The smallest absolute Gasteiger partial charge is 0.0237 e. The van der Waals surface area contributed by atoms with E-state index in [4.69, 9.17) is 0 Å². The summed E-state index contributed by atoms with van der Waals surface area (Å²) in [5.74, 6) is 0. The lowest BCUT2D eigenvalue weighted by Gasteiger charge is -2.24. The summed E-state index contributed by atoms with van der Waals surface area (Å²) in [6, 6.07) is 9.41. The summed E-state index contributed by atoms with van der Waals surface area (Å²) in [6.07, 6.45) is 2.49. The van der Waals surface area contributed by atoms with Crippen LogP contribution >= 0.6 is 0 Å². The Balaban J connectivity index is 2.00. The molecule has 2 heteroatoms. The Hall–Kier alpha value is -0.860. The molecule has 1 aliphatic rings. The third-order valence-corrected chi connectivity index (χ3v) is 3.71. The normalized spacial score (nSPS) is 22.4. The van der Waals surface area contributed by atoms with Crippen LogP contribution in [0.5, 0.6) is 0 Å². The largest absolute Gasteiger partial charge is 0.313 e. The minimum atomic E-state index is 0.668. The topological polar surface area (TPSA) is 15.3 Å². The molecule has 0 spiro atoms. The number of aryl methyl sites for hydroxylation is 1. The Morgan fingerprint density at radius 2 is 2.18 bits per heavy atom. The average Bonchev–Trinajstić information content (AvgIpc) is 2.57. The van der Waals surface area contributed by atoms with Crippen molar-refractivity contribution in [3.8, 4) is 0 Å². The quantitative estimate of drug-likeness (QED) is 0.861. The van der Waals surface area contributed by atoms with Crippen LogP contribution in [0, 0.1) is 6.92 Å². The Morgan fingerprint density at radius 3 is 2.94 bits per heavy atom. The van der Waals surface area contributed by atoms with Gasteiger partial charge in [-0.05, 0) is 44.0 Å². The molecule has 0 bridgehead atoms. The van der Waals surface area contributed by atoms with Gasteiger partial charge in [-0.2, -0.15) is 0 Å². The molecule has 1 atom stereocenters. The lowest BCUT2D eigenvalue weighted by Crippen LogP contribution is -2.36. The highest BCUT2D eigenvalue weighted by molar-refractivity contribution is 5.25. The van der Waals surface area contributed by atoms with E-state index in [0.717, 1.165) is 6.54 Å². The molecule has 1 aliphatic heterocycles. The lowest BCUT2D eigenvalue weighted by molar-refractivity contribution is 0.257. The van der Waals surface area contributed by atoms with Crippen LogP contribution in [0.25, 0.3) is 0 Å². The van der Waals surface area contributed by atoms with Crippen LogP contribution in [-0.4, -0.2) is 30.6 Å². The van der Waals surface area contributed by atoms with Gasteiger partial charge in [0.25, 0.3) is 0 Å². The van der Waals surface area contributed by atoms with Crippen LogP contribution in [0.1, 0.15) is 30.9 Å². The van der Waals surface area contributed by atoms with E-state index in [1.165, 1.54) is 43.6 Å². The molecule has 2 rings (SSSR count). The van der Waals surface area contributed by atoms with Gasteiger partial charge in [0.15, 0.2) is 0 Å². The second-order valence-corrected chi connectivity index (χ2v) is 5.07. The van der Waals surface area contributed by atoms with E-state index in [1.54, 1.807) is 0 Å². The SMILES string of the molecule is CCC1CN(Cc2ccccc2C)CCCN1. The first-order valence-corrected chi connectivity index (χ1v) is 6.80. The summed E-state index contributed by atoms with van der Waals surface area (Å²) in [5.41, 5.74) is 2.89. The van der Waals surface area contributed by atoms with Gasteiger partial charge in [0.2, 0.25) is 0 Å². The number of hydrogen-bond acceptors (Lipinski definition) is 2. The van der Waals surface area contributed by atoms with E-state index >= 15 is 0 Å². The molecule has 2 nitrogen and oxygen atoms in total. The van der Waals surface area contributed by atoms with E-state index in [-0.39, 0.29) is 0 Å². The van der Waals surface area contributed by atoms with Gasteiger partial charge in [-0.3, -0.25) is 4.90 Å². The molecule has 0 amide bonds. The van der Waals surface area contributed by atoms with E-state index in [9.17, 15) is 0 Å². The van der Waals surface area contributed by atoms with Crippen molar-refractivity contribution in [2.45, 2.75) is 39.3 Å². The molecule has 1 N–H and O–H groups in total. The number of rotatable bonds is 3. The minimum Gasteiger partial charge on any atom is -0.313 e. The van der Waals surface area contributed by atoms with Gasteiger partial charge in [0.1, 0.15) is 0 Å². The average molecular weight is 232 g/mol. The zero-order valence-corrected chi connectivity index (χ0v) is 11.1. The number of nitrogens with one attached hydrogen (secondary N) is 1. The van der Waals surface area contributed by atoms with Gasteiger partial charge < -0.3 is 5.32 Å². The molecular weight excluding hydrogens is 208 g/mol. The zero-order chi connectivity index (χ0) is 12.1. The zero-order valence-electron chi connectivity index (χ0n) is 11.1. The molecule has 17 heavy (non-hydrogen) atoms. The summed E-state index contributed by atoms with van der Waals surface area (Å²) >= 11 is 0. The third-order valence-electron chi connectivity index (χ3n) is 3.71. The van der Waals surface area contributed by atoms with E-state index < -0.39 is 0 Å². The van der Waals surface area contributed by atoms with Crippen molar-refractivity contribution in [1.29, 1.82) is 0 Å². The van der Waals surface area contributed by atoms with Crippen molar-refractivity contribution in [2.24, 2.45) is 0 Å². The monoisotopic (exact) mass is 232 g/mol. The molecule has 94 valence electrons. The first kappa shape index (κ1) is 12.6. The fourth-order valence-electron chi connectivity index (χ4n) is 2.52. The van der Waals surface area contributed by atoms with Crippen LogP contribution in [0.2, 0.25) is 0 Å². The van der Waals surface area contributed by atoms with Gasteiger partial charge >= 0.3 is 0 Å². The first-order chi connectivity index (χ1) is 8.29. The van der Waals surface area contributed by atoms with E-state index in [1.807, 2.05) is 0 Å². The van der Waals surface area contributed by atoms with Crippen LogP contribution in [0.3, 0.4) is 0 Å². The van der Waals surface area contributed by atoms with Crippen molar-refractivity contribution in [3.05, 3.63) is 35.4 Å². The summed E-state index contributed by atoms with van der Waals surface area (Å²) in [4.78, 5) is 2.59. The number of nitrogens with zero attached hydrogens (tertiary/aromatic N) is 1. The predicted molar refractivity (Wildman–Crippen MR) is 73.2 cm³/mol. The highest BCUT2D eigenvalue weighted by atomic mass is 15.2. The third kappa shape index (κ3) is 3.55. The lowest BCUT2D eigenvalue weighted by atomic mass is 10.1. The number of hydrogen-bond donors (Lipinski definition) is 1. The second-order valence-electron chi connectivity index (χ2n) is 5.07. The molecule has 0 saturated carbocycles. The maximum Gasteiger partial charge on any atom is 0.0237 e. The maximum atomic E-state index is 3.62. The van der Waals surface area contributed by atoms with E-state index in [2.05, 4.69) is 48.3 Å². The van der Waals surface area contributed by atoms with Crippen molar-refractivity contribution in [2.75, 3.05) is 19.6 Å². The van der Waals surface area contributed by atoms with Gasteiger partial charge in [-0.15, -0.1) is 0 Å². The summed E-state index contributed by atoms with van der Waals surface area (Å²) in [7, 11) is 0. The van der Waals surface area contributed by atoms with Crippen LogP contribution in [0.15, 0.2) is 24.3 Å². The second kappa shape index (κ2) is 6.18. The molecular formula is C15H24N2. The van der Waals surface area contributed by atoms with Crippen molar-refractivity contribution >= 4 is 0 Å². The van der Waals surface area contributed by atoms with Gasteiger partial charge in [0.05, 0.1) is 0 Å². The molecule has 1 aromatic carbocycles. The number of benzene rings is 1. The van der Waals surface area contributed by atoms with Gasteiger partial charge in [0, 0.05) is 19.1 Å². The van der Waals surface area contributed by atoms with E-state index in [0.29, 0.717) is 6.04 Å². The highest BCUT2D eigenvalue weighted by Crippen LogP contribution is 2.13. The van der Waals surface area contributed by atoms with Crippen LogP contribution in [0.4, 0.5) is 0 Å². The highest BCUT2D eigenvalue weighted by Gasteiger charge is 2.16. The van der Waals surface area contributed by atoms with Crippen molar-refractivity contribution in [3.63, 3.8) is 0 Å². The molecule has 1 aromatic rings. The molecule has 1 unspecified atom stereocenters. The molecule has 0 aromatic heterocycles. The predicted octanol–water partition coefficient (Wildman–Crippen LogP) is 2.57. The molecule has 1 fully saturated rings. The Labute approximate surface area is 105 Å². The molecule has 0 aliphatic carbocycles. The molecule has 1 heterocycles. The Morgan fingerprint density at radius 1 is 1.35 bits per heavy atom. The summed E-state index contributed by atoms with van der Waals surface area (Å²) in [5, 5.41) is 3.62. The first-order valence-electron chi connectivity index (χ1n) is 6.80. The molecule has 1 saturated heterocycles.